The van der Waals surface area contributed by atoms with Gasteiger partial charge in [-0.25, -0.2) is 0 Å². The molecule has 7 heteroatoms. The van der Waals surface area contributed by atoms with Gasteiger partial charge in [-0.1, -0.05) is 6.07 Å². The lowest BCUT2D eigenvalue weighted by Gasteiger charge is -2.56. The minimum Gasteiger partial charge on any atom is -0.332 e. The molecule has 4 bridgehead atoms. The number of amides is 1. The smallest absolute Gasteiger partial charge is 0.274 e. The summed E-state index contributed by atoms with van der Waals surface area (Å²) in [5.74, 6) is 2.38. The standard InChI is InChI=1S/C20H25N3O3S/c1-12-16(3-2-4-17(12)23(25)26)21-19(27)22-18(24)11-20-8-13-5-14(9-20)7-15(6-13)10-20/h2-4,13-15H,5-11H2,1H3,(H2,21,22,24,27). The number of hydrogen-bond donors (Lipinski definition) is 2. The molecular weight excluding hydrogens is 362 g/mol. The molecule has 0 unspecified atom stereocenters. The highest BCUT2D eigenvalue weighted by atomic mass is 32.1. The minimum atomic E-state index is -0.421. The molecule has 0 aliphatic heterocycles. The number of nitrogens with zero attached hydrogens (tertiary/aromatic N) is 1. The lowest BCUT2D eigenvalue weighted by molar-refractivity contribution is -0.385. The van der Waals surface area contributed by atoms with E-state index in [1.54, 1.807) is 19.1 Å². The summed E-state index contributed by atoms with van der Waals surface area (Å²) >= 11 is 5.28. The maximum absolute atomic E-state index is 12.6. The van der Waals surface area contributed by atoms with Crippen LogP contribution in [0.1, 0.15) is 50.5 Å². The van der Waals surface area contributed by atoms with E-state index in [0.717, 1.165) is 17.8 Å². The zero-order valence-electron chi connectivity index (χ0n) is 15.5. The SMILES string of the molecule is Cc1c(NC(=S)NC(=O)CC23CC4CC(CC(C4)C2)C3)cccc1[N+](=O)[O-]. The molecule has 0 radical (unpaired) electrons. The maximum Gasteiger partial charge on any atom is 0.274 e. The molecule has 4 saturated carbocycles. The van der Waals surface area contributed by atoms with Gasteiger partial charge in [0.1, 0.15) is 0 Å². The molecule has 4 aliphatic carbocycles. The van der Waals surface area contributed by atoms with Crippen LogP contribution >= 0.6 is 12.2 Å². The highest BCUT2D eigenvalue weighted by Crippen LogP contribution is 2.61. The number of thiocarbonyl (C=S) groups is 1. The van der Waals surface area contributed by atoms with Crippen LogP contribution in [0.15, 0.2) is 18.2 Å². The zero-order valence-corrected chi connectivity index (χ0v) is 16.3. The number of benzene rings is 1. The van der Waals surface area contributed by atoms with Crippen LogP contribution in [-0.4, -0.2) is 15.9 Å². The Morgan fingerprint density at radius 2 is 1.81 bits per heavy atom. The van der Waals surface area contributed by atoms with E-state index in [0.29, 0.717) is 17.7 Å². The Hall–Kier alpha value is -2.02. The van der Waals surface area contributed by atoms with Gasteiger partial charge < -0.3 is 10.6 Å². The summed E-state index contributed by atoms with van der Waals surface area (Å²) in [7, 11) is 0. The summed E-state index contributed by atoms with van der Waals surface area (Å²) in [4.78, 5) is 23.3. The summed E-state index contributed by atoms with van der Waals surface area (Å²) in [6, 6.07) is 4.78. The molecule has 0 saturated heterocycles. The fourth-order valence-corrected chi connectivity index (χ4v) is 6.35. The molecule has 0 spiro atoms. The number of nitro benzene ring substituents is 1. The van der Waals surface area contributed by atoms with E-state index in [1.165, 1.54) is 44.6 Å². The van der Waals surface area contributed by atoms with Crippen molar-refractivity contribution < 1.29 is 9.72 Å². The average Bonchev–Trinajstić information content (AvgIpc) is 2.54. The second kappa shape index (κ2) is 6.86. The zero-order chi connectivity index (χ0) is 19.2. The molecule has 1 aromatic rings. The second-order valence-electron chi connectivity index (χ2n) is 8.80. The second-order valence-corrected chi connectivity index (χ2v) is 9.21. The minimum absolute atomic E-state index is 0.0303. The van der Waals surface area contributed by atoms with Crippen LogP contribution in [0, 0.1) is 40.2 Å². The molecule has 27 heavy (non-hydrogen) atoms. The first kappa shape index (κ1) is 18.3. The first-order valence-corrected chi connectivity index (χ1v) is 10.1. The molecule has 0 heterocycles. The normalized spacial score (nSPS) is 30.8. The monoisotopic (exact) mass is 387 g/mol. The molecular formula is C20H25N3O3S. The third-order valence-corrected chi connectivity index (χ3v) is 6.91. The van der Waals surface area contributed by atoms with E-state index in [2.05, 4.69) is 10.6 Å². The number of anilines is 1. The number of carbonyl (C=O) groups excluding carboxylic acids is 1. The molecule has 1 amide bonds. The highest BCUT2D eigenvalue weighted by molar-refractivity contribution is 7.80. The average molecular weight is 388 g/mol. The Labute approximate surface area is 164 Å². The van der Waals surface area contributed by atoms with Gasteiger partial charge in [0.05, 0.1) is 16.2 Å². The molecule has 144 valence electrons. The summed E-state index contributed by atoms with van der Waals surface area (Å²) in [6.07, 6.45) is 8.13. The van der Waals surface area contributed by atoms with Gasteiger partial charge in [-0.3, -0.25) is 14.9 Å². The van der Waals surface area contributed by atoms with E-state index in [1.807, 2.05) is 0 Å². The van der Waals surface area contributed by atoms with Crippen molar-refractivity contribution in [1.82, 2.24) is 5.32 Å². The maximum atomic E-state index is 12.6. The van der Waals surface area contributed by atoms with Crippen molar-refractivity contribution >= 4 is 34.6 Å². The third kappa shape index (κ3) is 3.70. The van der Waals surface area contributed by atoms with E-state index < -0.39 is 4.92 Å². The van der Waals surface area contributed by atoms with E-state index in [-0.39, 0.29) is 22.1 Å². The van der Waals surface area contributed by atoms with Crippen LogP contribution in [-0.2, 0) is 4.79 Å². The van der Waals surface area contributed by atoms with Crippen LogP contribution in [0.2, 0.25) is 0 Å². The number of nitrogens with one attached hydrogen (secondary N) is 2. The lowest BCUT2D eigenvalue weighted by Crippen LogP contribution is -2.48. The van der Waals surface area contributed by atoms with Crippen LogP contribution in [0.4, 0.5) is 11.4 Å². The fraction of sp³-hybridized carbons (Fsp3) is 0.600. The van der Waals surface area contributed by atoms with Gasteiger partial charge in [0.25, 0.3) is 5.69 Å². The van der Waals surface area contributed by atoms with Gasteiger partial charge in [0.15, 0.2) is 5.11 Å². The van der Waals surface area contributed by atoms with E-state index in [9.17, 15) is 14.9 Å². The van der Waals surface area contributed by atoms with Crippen molar-refractivity contribution in [2.75, 3.05) is 5.32 Å². The molecule has 4 aliphatic rings. The Balaban J connectivity index is 1.37. The quantitative estimate of drug-likeness (QED) is 0.456. The summed E-state index contributed by atoms with van der Waals surface area (Å²) in [5.41, 5.74) is 1.24. The molecule has 0 aromatic heterocycles. The van der Waals surface area contributed by atoms with Crippen molar-refractivity contribution in [1.29, 1.82) is 0 Å². The molecule has 1 aromatic carbocycles. The van der Waals surface area contributed by atoms with Gasteiger partial charge in [-0.15, -0.1) is 0 Å². The van der Waals surface area contributed by atoms with Gasteiger partial charge >= 0.3 is 0 Å². The lowest BCUT2D eigenvalue weighted by atomic mass is 9.49. The first-order valence-electron chi connectivity index (χ1n) is 9.68. The van der Waals surface area contributed by atoms with Crippen molar-refractivity contribution in [2.45, 2.75) is 51.9 Å². The van der Waals surface area contributed by atoms with Crippen molar-refractivity contribution in [3.05, 3.63) is 33.9 Å². The summed E-state index contributed by atoms with van der Waals surface area (Å²) in [6.45, 7) is 1.67. The van der Waals surface area contributed by atoms with Gasteiger partial charge in [0, 0.05) is 12.5 Å². The Morgan fingerprint density at radius 3 is 2.37 bits per heavy atom. The molecule has 0 atom stereocenters. The summed E-state index contributed by atoms with van der Waals surface area (Å²) in [5, 5.41) is 17.0. The van der Waals surface area contributed by atoms with Crippen molar-refractivity contribution in [2.24, 2.45) is 23.2 Å². The third-order valence-electron chi connectivity index (χ3n) is 6.70. The largest absolute Gasteiger partial charge is 0.332 e. The van der Waals surface area contributed by atoms with Crippen LogP contribution in [0.25, 0.3) is 0 Å². The van der Waals surface area contributed by atoms with Crippen LogP contribution in [0.3, 0.4) is 0 Å². The number of nitro groups is 1. The van der Waals surface area contributed by atoms with E-state index >= 15 is 0 Å². The van der Waals surface area contributed by atoms with Gasteiger partial charge in [0.2, 0.25) is 5.91 Å². The Kier molecular flexibility index (Phi) is 4.66. The van der Waals surface area contributed by atoms with E-state index in [4.69, 9.17) is 12.2 Å². The molecule has 5 rings (SSSR count). The fourth-order valence-electron chi connectivity index (χ4n) is 6.13. The molecule has 2 N–H and O–H groups in total. The van der Waals surface area contributed by atoms with Crippen molar-refractivity contribution in [3.8, 4) is 0 Å². The number of hydrogen-bond acceptors (Lipinski definition) is 4. The number of carbonyl (C=O) groups is 1. The Bertz CT molecular complexity index is 772. The topological polar surface area (TPSA) is 84.3 Å². The number of rotatable bonds is 4. The predicted molar refractivity (Wildman–Crippen MR) is 107 cm³/mol. The van der Waals surface area contributed by atoms with Gasteiger partial charge in [-0.2, -0.15) is 0 Å². The van der Waals surface area contributed by atoms with Gasteiger partial charge in [-0.05, 0) is 86.9 Å². The first-order chi connectivity index (χ1) is 12.8. The predicted octanol–water partition coefficient (Wildman–Crippen LogP) is 4.32. The molecule has 6 nitrogen and oxygen atoms in total. The summed E-state index contributed by atoms with van der Waals surface area (Å²) < 4.78 is 0. The highest BCUT2D eigenvalue weighted by Gasteiger charge is 2.51. The van der Waals surface area contributed by atoms with Crippen molar-refractivity contribution in [3.63, 3.8) is 0 Å². The molecule has 4 fully saturated rings. The van der Waals surface area contributed by atoms with Crippen LogP contribution in [0.5, 0.6) is 0 Å². The van der Waals surface area contributed by atoms with Crippen LogP contribution < -0.4 is 10.6 Å². The Morgan fingerprint density at radius 1 is 1.22 bits per heavy atom.